The summed E-state index contributed by atoms with van der Waals surface area (Å²) in [5, 5.41) is 1.38. The first-order chi connectivity index (χ1) is 13.6. The van der Waals surface area contributed by atoms with Crippen LogP contribution in [-0.2, 0) is 16.4 Å². The molecule has 3 aromatic rings. The highest BCUT2D eigenvalue weighted by Gasteiger charge is 2.37. The Balaban J connectivity index is 1.74. The third kappa shape index (κ3) is 3.81. The van der Waals surface area contributed by atoms with E-state index in [4.69, 9.17) is 20.4 Å². The minimum atomic E-state index is -3.16. The Labute approximate surface area is 174 Å². The second kappa shape index (κ2) is 7.22. The molecule has 6 nitrogen and oxygen atoms in total. The third-order valence-electron chi connectivity index (χ3n) is 5.44. The molecule has 29 heavy (non-hydrogen) atoms. The van der Waals surface area contributed by atoms with Gasteiger partial charge >= 0.3 is 0 Å². The van der Waals surface area contributed by atoms with E-state index in [0.29, 0.717) is 28.4 Å². The molecule has 0 saturated carbocycles. The third-order valence-corrected chi connectivity index (χ3v) is 7.60. The molecule has 1 aliphatic rings. The van der Waals surface area contributed by atoms with Crippen LogP contribution in [-0.4, -0.2) is 36.8 Å². The van der Waals surface area contributed by atoms with Gasteiger partial charge in [-0.2, -0.15) is 0 Å². The first-order valence-electron chi connectivity index (χ1n) is 9.40. The number of aryl methyl sites for hydroxylation is 3. The number of halogens is 1. The minimum absolute atomic E-state index is 0.0529. The maximum absolute atomic E-state index is 13.5. The molecule has 0 N–H and O–H groups in total. The van der Waals surface area contributed by atoms with Gasteiger partial charge in [-0.3, -0.25) is 4.79 Å². The Bertz CT molecular complexity index is 1210. The van der Waals surface area contributed by atoms with Crippen LogP contribution in [0.3, 0.4) is 0 Å². The highest BCUT2D eigenvalue weighted by molar-refractivity contribution is 7.91. The summed E-state index contributed by atoms with van der Waals surface area (Å²) in [5.41, 5.74) is 2.13. The molecule has 0 bridgehead atoms. The van der Waals surface area contributed by atoms with Gasteiger partial charge in [0, 0.05) is 22.0 Å². The summed E-state index contributed by atoms with van der Waals surface area (Å²) < 4.78 is 35.6. The van der Waals surface area contributed by atoms with Crippen molar-refractivity contribution >= 4 is 38.3 Å². The molecule has 0 radical (unpaired) electrons. The molecule has 1 unspecified atom stereocenters. The number of nitrogens with zero attached hydrogens (tertiary/aromatic N) is 1. The number of hydrogen-bond acceptors (Lipinski definition) is 5. The molecule has 1 atom stereocenters. The fourth-order valence-corrected chi connectivity index (χ4v) is 5.70. The van der Waals surface area contributed by atoms with Gasteiger partial charge in [-0.15, -0.1) is 0 Å². The van der Waals surface area contributed by atoms with E-state index in [2.05, 4.69) is 0 Å². The van der Waals surface area contributed by atoms with Crippen molar-refractivity contribution in [2.45, 2.75) is 39.8 Å². The van der Waals surface area contributed by atoms with Crippen molar-refractivity contribution in [2.24, 2.45) is 0 Å². The van der Waals surface area contributed by atoms with Gasteiger partial charge in [0.15, 0.2) is 15.6 Å². The lowest BCUT2D eigenvalue weighted by Gasteiger charge is -2.26. The number of amides is 1. The number of furan rings is 2. The van der Waals surface area contributed by atoms with Crippen molar-refractivity contribution in [3.05, 3.63) is 57.7 Å². The Morgan fingerprint density at radius 2 is 1.97 bits per heavy atom. The molecule has 1 amide bonds. The van der Waals surface area contributed by atoms with Gasteiger partial charge in [-0.1, -0.05) is 11.6 Å². The zero-order valence-corrected chi connectivity index (χ0v) is 18.1. The number of sulfone groups is 1. The smallest absolute Gasteiger partial charge is 0.290 e. The van der Waals surface area contributed by atoms with Gasteiger partial charge in [0.25, 0.3) is 5.91 Å². The number of carbonyl (C=O) groups excluding carboxylic acids is 1. The predicted octanol–water partition coefficient (Wildman–Crippen LogP) is 4.43. The SMILES string of the molecule is Cc1ccc(CN(C(=O)c2oc3cc(C)c(Cl)cc3c2C)C2CCS(=O)(=O)C2)o1. The van der Waals surface area contributed by atoms with E-state index < -0.39 is 15.9 Å². The lowest BCUT2D eigenvalue weighted by atomic mass is 10.1. The van der Waals surface area contributed by atoms with Crippen LogP contribution in [0.5, 0.6) is 0 Å². The van der Waals surface area contributed by atoms with Gasteiger partial charge in [-0.25, -0.2) is 8.42 Å². The minimum Gasteiger partial charge on any atom is -0.464 e. The molecular formula is C21H22ClNO5S. The molecule has 154 valence electrons. The molecule has 1 fully saturated rings. The summed E-state index contributed by atoms with van der Waals surface area (Å²) in [4.78, 5) is 15.0. The van der Waals surface area contributed by atoms with Gasteiger partial charge in [-0.05, 0) is 57.0 Å². The molecule has 1 aromatic carbocycles. The lowest BCUT2D eigenvalue weighted by molar-refractivity contribution is 0.0634. The van der Waals surface area contributed by atoms with Crippen LogP contribution in [0.25, 0.3) is 11.0 Å². The summed E-state index contributed by atoms with van der Waals surface area (Å²) in [7, 11) is -3.16. The monoisotopic (exact) mass is 435 g/mol. The topological polar surface area (TPSA) is 80.7 Å². The van der Waals surface area contributed by atoms with Crippen molar-refractivity contribution in [3.63, 3.8) is 0 Å². The zero-order valence-electron chi connectivity index (χ0n) is 16.5. The highest BCUT2D eigenvalue weighted by Crippen LogP contribution is 2.32. The average Bonchev–Trinajstić information content (AvgIpc) is 3.31. The van der Waals surface area contributed by atoms with Crippen LogP contribution in [0.4, 0.5) is 0 Å². The molecular weight excluding hydrogens is 414 g/mol. The van der Waals surface area contributed by atoms with Crippen molar-refractivity contribution in [1.82, 2.24) is 4.90 Å². The van der Waals surface area contributed by atoms with Crippen molar-refractivity contribution < 1.29 is 22.0 Å². The van der Waals surface area contributed by atoms with Crippen LogP contribution in [0, 0.1) is 20.8 Å². The number of benzene rings is 1. The van der Waals surface area contributed by atoms with Crippen molar-refractivity contribution in [2.75, 3.05) is 11.5 Å². The highest BCUT2D eigenvalue weighted by atomic mass is 35.5. The summed E-state index contributed by atoms with van der Waals surface area (Å²) in [6, 6.07) is 6.80. The van der Waals surface area contributed by atoms with E-state index >= 15 is 0 Å². The van der Waals surface area contributed by atoms with Gasteiger partial charge in [0.1, 0.15) is 17.1 Å². The van der Waals surface area contributed by atoms with Gasteiger partial charge in [0.2, 0.25) is 0 Å². The quantitative estimate of drug-likeness (QED) is 0.605. The van der Waals surface area contributed by atoms with Crippen LogP contribution < -0.4 is 0 Å². The van der Waals surface area contributed by atoms with Crippen molar-refractivity contribution in [3.8, 4) is 0 Å². The number of hydrogen-bond donors (Lipinski definition) is 0. The normalized spacial score (nSPS) is 18.4. The molecule has 8 heteroatoms. The maximum atomic E-state index is 13.5. The number of rotatable bonds is 4. The van der Waals surface area contributed by atoms with Crippen LogP contribution in [0.2, 0.25) is 5.02 Å². The van der Waals surface area contributed by atoms with E-state index in [1.165, 1.54) is 0 Å². The second-order valence-corrected chi connectivity index (χ2v) is 10.3. The summed E-state index contributed by atoms with van der Waals surface area (Å²) in [5.74, 6) is 1.22. The second-order valence-electron chi connectivity index (χ2n) is 7.66. The van der Waals surface area contributed by atoms with Gasteiger partial charge in [0.05, 0.1) is 18.1 Å². The summed E-state index contributed by atoms with van der Waals surface area (Å²) in [6.45, 7) is 5.69. The Hall–Kier alpha value is -2.25. The Morgan fingerprint density at radius 3 is 2.59 bits per heavy atom. The molecule has 3 heterocycles. The van der Waals surface area contributed by atoms with E-state index in [-0.39, 0.29) is 29.7 Å². The van der Waals surface area contributed by atoms with Gasteiger partial charge < -0.3 is 13.7 Å². The zero-order chi connectivity index (χ0) is 20.9. The Kier molecular flexibility index (Phi) is 4.99. The molecule has 0 spiro atoms. The largest absolute Gasteiger partial charge is 0.464 e. The van der Waals surface area contributed by atoms with E-state index in [0.717, 1.165) is 16.7 Å². The van der Waals surface area contributed by atoms with Crippen LogP contribution >= 0.6 is 11.6 Å². The first kappa shape index (κ1) is 20.0. The fourth-order valence-electron chi connectivity index (χ4n) is 3.80. The summed E-state index contributed by atoms with van der Waals surface area (Å²) >= 11 is 6.24. The molecule has 4 rings (SSSR count). The predicted molar refractivity (Wildman–Crippen MR) is 111 cm³/mol. The van der Waals surface area contributed by atoms with Crippen LogP contribution in [0.1, 0.15) is 39.6 Å². The Morgan fingerprint density at radius 1 is 1.21 bits per heavy atom. The average molecular weight is 436 g/mol. The maximum Gasteiger partial charge on any atom is 0.290 e. The lowest BCUT2D eigenvalue weighted by Crippen LogP contribution is -2.40. The molecule has 1 aliphatic heterocycles. The van der Waals surface area contributed by atoms with Crippen LogP contribution in [0.15, 0.2) is 33.1 Å². The summed E-state index contributed by atoms with van der Waals surface area (Å²) in [6.07, 6.45) is 0.401. The molecule has 2 aromatic heterocycles. The fraction of sp³-hybridized carbons (Fsp3) is 0.381. The van der Waals surface area contributed by atoms with E-state index in [1.807, 2.05) is 32.9 Å². The standard InChI is InChI=1S/C21H22ClNO5S/c1-12-8-19-17(9-18(12)22)14(3)20(28-19)21(24)23(10-16-5-4-13(2)27-16)15-6-7-29(25,26)11-15/h4-5,8-9,15H,6-7,10-11H2,1-3H3. The molecule has 1 saturated heterocycles. The van der Waals surface area contributed by atoms with E-state index in [1.54, 1.807) is 17.0 Å². The van der Waals surface area contributed by atoms with Crippen molar-refractivity contribution in [1.29, 1.82) is 0 Å². The molecule has 0 aliphatic carbocycles. The number of carbonyl (C=O) groups is 1. The first-order valence-corrected chi connectivity index (χ1v) is 11.6. The van der Waals surface area contributed by atoms with E-state index in [9.17, 15) is 13.2 Å². The number of fused-ring (bicyclic) bond motifs is 1.